The van der Waals surface area contributed by atoms with Gasteiger partial charge in [-0.3, -0.25) is 9.35 Å². The molecule has 3 aliphatic heterocycles. The number of ether oxygens (including phenoxy) is 6. The fraction of sp³-hybridized carbons (Fsp3) is 0.833. The highest BCUT2D eigenvalue weighted by atomic mass is 32.2. The maximum Gasteiger partial charge on any atom is 0.465 e. The van der Waals surface area contributed by atoms with E-state index in [2.05, 4.69) is 4.74 Å². The zero-order valence-corrected chi connectivity index (χ0v) is 18.3. The summed E-state index contributed by atoms with van der Waals surface area (Å²) in [7, 11) is -6.12. The topological polar surface area (TPSA) is 161 Å². The monoisotopic (exact) mass is 500 g/mol. The van der Waals surface area contributed by atoms with E-state index in [-0.39, 0.29) is 18.0 Å². The number of halogens is 2. The zero-order chi connectivity index (χ0) is 24.3. The molecule has 3 heterocycles. The van der Waals surface area contributed by atoms with Crippen molar-refractivity contribution in [1.29, 1.82) is 0 Å². The Bertz CT molecular complexity index is 942. The molecule has 15 heteroatoms. The normalized spacial score (nSPS) is 38.2. The molecule has 186 valence electrons. The largest absolute Gasteiger partial charge is 0.465 e. The van der Waals surface area contributed by atoms with Gasteiger partial charge in [0.15, 0.2) is 24.3 Å². The smallest absolute Gasteiger partial charge is 0.463 e. The highest BCUT2D eigenvalue weighted by Gasteiger charge is 2.67. The lowest BCUT2D eigenvalue weighted by Crippen LogP contribution is -2.45. The van der Waals surface area contributed by atoms with Crippen LogP contribution < -0.4 is 0 Å². The number of esters is 3. The van der Waals surface area contributed by atoms with Crippen molar-refractivity contribution in [1.82, 2.24) is 0 Å². The minimum absolute atomic E-state index is 0.242. The molecule has 1 N–H and O–H groups in total. The van der Waals surface area contributed by atoms with Gasteiger partial charge in [-0.05, 0) is 26.7 Å². The van der Waals surface area contributed by atoms with Crippen molar-refractivity contribution in [3.05, 3.63) is 0 Å². The quantitative estimate of drug-likeness (QED) is 0.312. The first-order valence-corrected chi connectivity index (χ1v) is 11.7. The van der Waals surface area contributed by atoms with Crippen molar-refractivity contribution in [2.75, 3.05) is 0 Å². The lowest BCUT2D eigenvalue weighted by molar-refractivity contribution is -0.250. The number of hydrogen-bond acceptors (Lipinski definition) is 11. The Morgan fingerprint density at radius 3 is 2.36 bits per heavy atom. The lowest BCUT2D eigenvalue weighted by Gasteiger charge is -2.36. The van der Waals surface area contributed by atoms with Crippen LogP contribution in [0.3, 0.4) is 0 Å². The van der Waals surface area contributed by atoms with Gasteiger partial charge in [-0.25, -0.2) is 9.59 Å². The van der Waals surface area contributed by atoms with Crippen LogP contribution in [0.1, 0.15) is 39.5 Å². The summed E-state index contributed by atoms with van der Waals surface area (Å²) >= 11 is 0. The van der Waals surface area contributed by atoms with Gasteiger partial charge in [0, 0.05) is 12.8 Å². The van der Waals surface area contributed by atoms with E-state index in [9.17, 15) is 31.6 Å². The van der Waals surface area contributed by atoms with Crippen LogP contribution in [0.2, 0.25) is 0 Å². The second kappa shape index (κ2) is 8.08. The lowest BCUT2D eigenvalue weighted by atomic mass is 9.85. The molecule has 0 aromatic carbocycles. The van der Waals surface area contributed by atoms with Gasteiger partial charge >= 0.3 is 33.3 Å². The molecule has 5 atom stereocenters. The Morgan fingerprint density at radius 2 is 1.79 bits per heavy atom. The molecule has 3 saturated heterocycles. The molecule has 0 amide bonds. The Morgan fingerprint density at radius 1 is 1.15 bits per heavy atom. The number of alkyl halides is 2. The highest BCUT2D eigenvalue weighted by Crippen LogP contribution is 2.49. The number of fused-ring (bicyclic) bond motifs is 3. The summed E-state index contributed by atoms with van der Waals surface area (Å²) in [6.45, 7) is 3.50. The second-order valence-corrected chi connectivity index (χ2v) is 10.0. The number of hydrogen-bond donors (Lipinski definition) is 1. The van der Waals surface area contributed by atoms with Gasteiger partial charge in [-0.15, -0.1) is 0 Å². The third kappa shape index (κ3) is 4.20. The summed E-state index contributed by atoms with van der Waals surface area (Å²) in [6, 6.07) is 0. The van der Waals surface area contributed by atoms with E-state index in [0.29, 0.717) is 25.7 Å². The van der Waals surface area contributed by atoms with Crippen molar-refractivity contribution in [2.24, 2.45) is 5.92 Å². The van der Waals surface area contributed by atoms with Crippen LogP contribution in [-0.2, 0) is 52.9 Å². The molecule has 1 aliphatic carbocycles. The Hall–Kier alpha value is -1.94. The van der Waals surface area contributed by atoms with Gasteiger partial charge in [-0.2, -0.15) is 17.2 Å². The van der Waals surface area contributed by atoms with Gasteiger partial charge in [0.05, 0.1) is 12.0 Å². The van der Waals surface area contributed by atoms with E-state index in [1.807, 2.05) is 0 Å². The molecule has 4 fully saturated rings. The summed E-state index contributed by atoms with van der Waals surface area (Å²) in [5.41, 5.74) is 0. The number of rotatable bonds is 5. The van der Waals surface area contributed by atoms with Crippen LogP contribution in [0.5, 0.6) is 0 Å². The summed E-state index contributed by atoms with van der Waals surface area (Å²) in [6.07, 6.45) is -5.34. The SMILES string of the molecule is CC(C)OC(=O)C1CCC2(CC1)O[C@H]1O[C@H]3[C@H](OC(=O)[C@H]3OC(=O)C(F)(F)S(=O)(=O)O)[C@H]1O2. The summed E-state index contributed by atoms with van der Waals surface area (Å²) in [4.78, 5) is 35.8. The first-order valence-electron chi connectivity index (χ1n) is 10.2. The van der Waals surface area contributed by atoms with Crippen molar-refractivity contribution in [3.8, 4) is 0 Å². The molecule has 0 unspecified atom stereocenters. The van der Waals surface area contributed by atoms with Crippen molar-refractivity contribution in [3.63, 3.8) is 0 Å². The van der Waals surface area contributed by atoms with Gasteiger partial charge in [0.1, 0.15) is 6.10 Å². The first kappa shape index (κ1) is 24.2. The van der Waals surface area contributed by atoms with Crippen molar-refractivity contribution >= 4 is 28.0 Å². The third-order valence-electron chi connectivity index (χ3n) is 5.90. The molecule has 4 aliphatic rings. The van der Waals surface area contributed by atoms with Crippen LogP contribution >= 0.6 is 0 Å². The van der Waals surface area contributed by atoms with E-state index in [4.69, 9.17) is 28.2 Å². The molecule has 0 radical (unpaired) electrons. The second-order valence-electron chi connectivity index (χ2n) is 8.56. The molecule has 0 aromatic heterocycles. The third-order valence-corrected chi connectivity index (χ3v) is 6.71. The molecule has 1 spiro atoms. The molecule has 12 nitrogen and oxygen atoms in total. The Balaban J connectivity index is 1.38. The first-order chi connectivity index (χ1) is 15.2. The van der Waals surface area contributed by atoms with E-state index >= 15 is 0 Å². The zero-order valence-electron chi connectivity index (χ0n) is 17.5. The minimum Gasteiger partial charge on any atom is -0.463 e. The molecule has 0 bridgehead atoms. The molecular weight excluding hydrogens is 478 g/mol. The summed E-state index contributed by atoms with van der Waals surface area (Å²) in [5.74, 6) is -5.64. The molecule has 4 rings (SSSR count). The highest BCUT2D eigenvalue weighted by molar-refractivity contribution is 7.87. The van der Waals surface area contributed by atoms with E-state index < -0.39 is 63.8 Å². The average molecular weight is 500 g/mol. The number of carbonyl (C=O) groups is 3. The van der Waals surface area contributed by atoms with Crippen LogP contribution in [0, 0.1) is 5.92 Å². The van der Waals surface area contributed by atoms with Crippen LogP contribution in [0.15, 0.2) is 0 Å². The van der Waals surface area contributed by atoms with E-state index in [0.717, 1.165) is 0 Å². The van der Waals surface area contributed by atoms with E-state index in [1.165, 1.54) is 0 Å². The summed E-state index contributed by atoms with van der Waals surface area (Å²) in [5, 5.41) is -5.29. The summed E-state index contributed by atoms with van der Waals surface area (Å²) < 4.78 is 88.9. The standard InChI is InChI=1S/C18H22F2O12S/c1-7(2)27-13(21)8-3-5-17(6-4-8)31-12-10-9(29-15(12)32-17)11(14(22)28-10)30-16(23)18(19,20)33(24,25)26/h7-12,15H,3-6H2,1-2H3,(H,24,25,26)/t8?,9-,10-,11-,12+,15+,17?/m0/s1. The fourth-order valence-electron chi connectivity index (χ4n) is 4.33. The molecule has 1 saturated carbocycles. The van der Waals surface area contributed by atoms with Crippen molar-refractivity contribution in [2.45, 2.75) is 87.4 Å². The Labute approximate surface area is 186 Å². The predicted molar refractivity (Wildman–Crippen MR) is 96.8 cm³/mol. The van der Waals surface area contributed by atoms with E-state index in [1.54, 1.807) is 13.8 Å². The average Bonchev–Trinajstić information content (AvgIpc) is 3.29. The molecule has 0 aromatic rings. The van der Waals surface area contributed by atoms with Gasteiger partial charge in [0.2, 0.25) is 6.10 Å². The van der Waals surface area contributed by atoms with Crippen LogP contribution in [0.4, 0.5) is 8.78 Å². The Kier molecular flexibility index (Phi) is 5.92. The van der Waals surface area contributed by atoms with Crippen molar-refractivity contribution < 1.29 is 64.6 Å². The molecule has 33 heavy (non-hydrogen) atoms. The minimum atomic E-state index is -6.12. The van der Waals surface area contributed by atoms with Gasteiger partial charge in [-0.1, -0.05) is 0 Å². The maximum atomic E-state index is 13.5. The van der Waals surface area contributed by atoms with Gasteiger partial charge < -0.3 is 28.4 Å². The molecular formula is C18H22F2O12S. The number of carbonyl (C=O) groups excluding carboxylic acids is 3. The maximum absolute atomic E-state index is 13.5. The predicted octanol–water partition coefficient (Wildman–Crippen LogP) is 0.283. The van der Waals surface area contributed by atoms with Crippen LogP contribution in [0.25, 0.3) is 0 Å². The van der Waals surface area contributed by atoms with Crippen LogP contribution in [-0.4, -0.2) is 78.7 Å². The van der Waals surface area contributed by atoms with Gasteiger partial charge in [0.25, 0.3) is 0 Å². The fourth-order valence-corrected chi connectivity index (χ4v) is 4.59.